The Morgan fingerprint density at radius 2 is 2.04 bits per heavy atom. The molecule has 24 heavy (non-hydrogen) atoms. The highest BCUT2D eigenvalue weighted by molar-refractivity contribution is 7.91. The van der Waals surface area contributed by atoms with Crippen molar-refractivity contribution in [2.45, 2.75) is 32.1 Å². The number of benzene rings is 1. The average Bonchev–Trinajstić information content (AvgIpc) is 2.93. The van der Waals surface area contributed by atoms with Crippen LogP contribution in [0.1, 0.15) is 36.0 Å². The van der Waals surface area contributed by atoms with Crippen LogP contribution in [0.15, 0.2) is 27.5 Å². The zero-order valence-corrected chi connectivity index (χ0v) is 15.1. The van der Waals surface area contributed by atoms with E-state index in [1.54, 1.807) is 6.92 Å². The van der Waals surface area contributed by atoms with Gasteiger partial charge in [0.2, 0.25) is 5.76 Å². The second-order valence-corrected chi connectivity index (χ2v) is 7.68. The van der Waals surface area contributed by atoms with Crippen molar-refractivity contribution >= 4 is 33.0 Å². The lowest BCUT2D eigenvalue weighted by atomic mass is 10.3. The molecule has 2 rings (SSSR count). The topological polar surface area (TPSA) is 101 Å². The minimum absolute atomic E-state index is 0.0539. The number of sulfone groups is 1. The fourth-order valence-electron chi connectivity index (χ4n) is 2.02. The van der Waals surface area contributed by atoms with E-state index in [1.807, 2.05) is 6.92 Å². The average molecular weight is 372 g/mol. The van der Waals surface area contributed by atoms with E-state index in [2.05, 4.69) is 15.8 Å². The van der Waals surface area contributed by atoms with Gasteiger partial charge in [0.05, 0.1) is 22.0 Å². The largest absolute Gasteiger partial charge is 0.435 e. The van der Waals surface area contributed by atoms with Gasteiger partial charge in [-0.05, 0) is 25.1 Å². The van der Waals surface area contributed by atoms with Crippen LogP contribution in [0.5, 0.6) is 0 Å². The number of nitrogens with one attached hydrogen (secondary N) is 2. The van der Waals surface area contributed by atoms with Crippen LogP contribution in [0.4, 0.5) is 5.69 Å². The van der Waals surface area contributed by atoms with Crippen LogP contribution >= 0.6 is 11.6 Å². The molecule has 1 aromatic heterocycles. The maximum absolute atomic E-state index is 12.2. The molecule has 1 heterocycles. The number of rotatable bonds is 6. The van der Waals surface area contributed by atoms with Crippen molar-refractivity contribution in [3.05, 3.63) is 40.6 Å². The number of hydrogen-bond acceptors (Lipinski definition) is 6. The number of hydrazine groups is 1. The maximum atomic E-state index is 12.2. The third kappa shape index (κ3) is 3.88. The summed E-state index contributed by atoms with van der Waals surface area (Å²) in [7, 11) is -3.47. The molecule has 2 N–H and O–H groups in total. The van der Waals surface area contributed by atoms with E-state index in [0.29, 0.717) is 23.0 Å². The van der Waals surface area contributed by atoms with E-state index in [9.17, 15) is 13.2 Å². The van der Waals surface area contributed by atoms with Gasteiger partial charge in [0, 0.05) is 11.4 Å². The van der Waals surface area contributed by atoms with E-state index in [-0.39, 0.29) is 22.1 Å². The van der Waals surface area contributed by atoms with Gasteiger partial charge in [-0.25, -0.2) is 13.4 Å². The molecule has 0 aliphatic carbocycles. The molecule has 0 unspecified atom stereocenters. The predicted octanol–water partition coefficient (Wildman–Crippen LogP) is 2.75. The first-order valence-electron chi connectivity index (χ1n) is 7.33. The van der Waals surface area contributed by atoms with Crippen molar-refractivity contribution in [3.8, 4) is 0 Å². The first-order chi connectivity index (χ1) is 11.3. The highest BCUT2D eigenvalue weighted by atomic mass is 35.5. The van der Waals surface area contributed by atoms with Gasteiger partial charge >= 0.3 is 5.91 Å². The summed E-state index contributed by atoms with van der Waals surface area (Å²) in [5.41, 5.74) is 5.65. The fraction of sp³-hybridized carbons (Fsp3) is 0.333. The predicted molar refractivity (Wildman–Crippen MR) is 90.9 cm³/mol. The van der Waals surface area contributed by atoms with Gasteiger partial charge in [0.15, 0.2) is 15.7 Å². The molecule has 0 radical (unpaired) electrons. The number of nitrogens with zero attached hydrogens (tertiary/aromatic N) is 1. The number of aromatic nitrogens is 1. The molecule has 0 bridgehead atoms. The molecule has 0 aliphatic rings. The number of halogens is 1. The normalized spacial score (nSPS) is 11.3. The Bertz CT molecular complexity index is 862. The lowest BCUT2D eigenvalue weighted by Gasteiger charge is -2.12. The minimum Gasteiger partial charge on any atom is -0.435 e. The van der Waals surface area contributed by atoms with Gasteiger partial charge in [0.25, 0.3) is 0 Å². The number of oxazole rings is 1. The minimum atomic E-state index is -3.47. The number of aryl methyl sites for hydroxylation is 2. The van der Waals surface area contributed by atoms with Crippen LogP contribution in [-0.4, -0.2) is 25.1 Å². The van der Waals surface area contributed by atoms with Crippen LogP contribution in [-0.2, 0) is 16.3 Å². The summed E-state index contributed by atoms with van der Waals surface area (Å²) in [6.45, 7) is 5.06. The number of anilines is 1. The van der Waals surface area contributed by atoms with Crippen molar-refractivity contribution in [2.24, 2.45) is 0 Å². The van der Waals surface area contributed by atoms with Gasteiger partial charge < -0.3 is 4.42 Å². The molecule has 0 spiro atoms. The number of amides is 1. The van der Waals surface area contributed by atoms with Crippen molar-refractivity contribution in [1.82, 2.24) is 10.4 Å². The number of hydrogen-bond donors (Lipinski definition) is 2. The summed E-state index contributed by atoms with van der Waals surface area (Å²) in [6.07, 6.45) is 0.564. The zero-order valence-electron chi connectivity index (χ0n) is 13.5. The Morgan fingerprint density at radius 1 is 1.33 bits per heavy atom. The molecule has 130 valence electrons. The SMILES string of the molecule is CCc1nc(C)c(C(=O)NNc2cc(Cl)ccc2S(=O)(=O)CC)o1. The van der Waals surface area contributed by atoms with Crippen molar-refractivity contribution < 1.29 is 17.6 Å². The summed E-state index contributed by atoms with van der Waals surface area (Å²) in [5, 5.41) is 0.339. The Morgan fingerprint density at radius 3 is 2.62 bits per heavy atom. The van der Waals surface area contributed by atoms with Crippen LogP contribution in [0.3, 0.4) is 0 Å². The summed E-state index contributed by atoms with van der Waals surface area (Å²) < 4.78 is 29.6. The van der Waals surface area contributed by atoms with Gasteiger partial charge in [-0.1, -0.05) is 25.4 Å². The quantitative estimate of drug-likeness (QED) is 0.757. The molecule has 0 saturated heterocycles. The lowest BCUT2D eigenvalue weighted by molar-refractivity contribution is 0.0932. The second-order valence-electron chi connectivity index (χ2n) is 5.00. The molecule has 1 aromatic carbocycles. The summed E-state index contributed by atoms with van der Waals surface area (Å²) in [5.74, 6) is -0.103. The van der Waals surface area contributed by atoms with E-state index < -0.39 is 15.7 Å². The Kier molecular flexibility index (Phi) is 5.51. The van der Waals surface area contributed by atoms with E-state index in [1.165, 1.54) is 25.1 Å². The maximum Gasteiger partial charge on any atom is 0.307 e. The molecular formula is C15H18ClN3O4S. The van der Waals surface area contributed by atoms with Crippen molar-refractivity contribution in [1.29, 1.82) is 0 Å². The summed E-state index contributed by atoms with van der Waals surface area (Å²) >= 11 is 5.91. The number of carbonyl (C=O) groups excluding carboxylic acids is 1. The monoisotopic (exact) mass is 371 g/mol. The van der Waals surface area contributed by atoms with Crippen LogP contribution in [0, 0.1) is 6.92 Å². The zero-order chi connectivity index (χ0) is 17.9. The van der Waals surface area contributed by atoms with Crippen molar-refractivity contribution in [3.63, 3.8) is 0 Å². The van der Waals surface area contributed by atoms with Crippen molar-refractivity contribution in [2.75, 3.05) is 11.2 Å². The Labute approximate surface area is 145 Å². The third-order valence-corrected chi connectivity index (χ3v) is 5.34. The summed E-state index contributed by atoms with van der Waals surface area (Å²) in [4.78, 5) is 16.4. The molecular weight excluding hydrogens is 354 g/mol. The first kappa shape index (κ1) is 18.3. The number of carbonyl (C=O) groups is 1. The van der Waals surface area contributed by atoms with E-state index >= 15 is 0 Å². The van der Waals surface area contributed by atoms with Crippen LogP contribution in [0.25, 0.3) is 0 Å². The van der Waals surface area contributed by atoms with E-state index in [0.717, 1.165) is 0 Å². The molecule has 0 fully saturated rings. The molecule has 0 saturated carbocycles. The molecule has 9 heteroatoms. The smallest absolute Gasteiger partial charge is 0.307 e. The van der Waals surface area contributed by atoms with E-state index in [4.69, 9.17) is 16.0 Å². The van der Waals surface area contributed by atoms with Crippen LogP contribution in [0.2, 0.25) is 5.02 Å². The lowest BCUT2D eigenvalue weighted by Crippen LogP contribution is -2.30. The van der Waals surface area contributed by atoms with Gasteiger partial charge in [-0.2, -0.15) is 0 Å². The Balaban J connectivity index is 2.24. The van der Waals surface area contributed by atoms with Gasteiger partial charge in [-0.3, -0.25) is 15.6 Å². The highest BCUT2D eigenvalue weighted by Gasteiger charge is 2.20. The molecule has 7 nitrogen and oxygen atoms in total. The summed E-state index contributed by atoms with van der Waals surface area (Å²) in [6, 6.07) is 4.30. The fourth-order valence-corrected chi connectivity index (χ4v) is 3.23. The third-order valence-electron chi connectivity index (χ3n) is 3.32. The molecule has 2 aromatic rings. The van der Waals surface area contributed by atoms with Gasteiger partial charge in [-0.15, -0.1) is 0 Å². The second kappa shape index (κ2) is 7.23. The molecule has 0 aliphatic heterocycles. The van der Waals surface area contributed by atoms with Gasteiger partial charge in [0.1, 0.15) is 0 Å². The van der Waals surface area contributed by atoms with Crippen LogP contribution < -0.4 is 10.9 Å². The Hall–Kier alpha value is -2.06. The molecule has 1 amide bonds. The highest BCUT2D eigenvalue weighted by Crippen LogP contribution is 2.25. The molecule has 0 atom stereocenters. The first-order valence-corrected chi connectivity index (χ1v) is 9.36. The standard InChI is InChI=1S/C15H18ClN3O4S/c1-4-13-17-9(3)14(23-13)15(20)19-18-11-8-10(16)6-7-12(11)24(21,22)5-2/h6-8,18H,4-5H2,1-3H3,(H,19,20).